The number of anilines is 1. The molecular formula is C32H37ClN6O5. The first kappa shape index (κ1) is 31.2. The third-order valence-electron chi connectivity index (χ3n) is 7.19. The Morgan fingerprint density at radius 2 is 1.95 bits per heavy atom. The van der Waals surface area contributed by atoms with E-state index in [0.717, 1.165) is 33.9 Å². The molecule has 4 heterocycles. The maximum Gasteiger partial charge on any atom is 0.410 e. The van der Waals surface area contributed by atoms with Crippen LogP contribution >= 0.6 is 11.6 Å². The number of carbonyl (C=O) groups is 1. The van der Waals surface area contributed by atoms with Gasteiger partial charge in [0.25, 0.3) is 0 Å². The lowest BCUT2D eigenvalue weighted by atomic mass is 10.0. The minimum absolute atomic E-state index is 0.0354. The number of halogens is 1. The van der Waals surface area contributed by atoms with Gasteiger partial charge in [0.15, 0.2) is 5.82 Å². The predicted octanol–water partition coefficient (Wildman–Crippen LogP) is 5.90. The zero-order valence-electron chi connectivity index (χ0n) is 26.0. The Labute approximate surface area is 261 Å². The minimum Gasteiger partial charge on any atom is -0.491 e. The Morgan fingerprint density at radius 1 is 1.18 bits per heavy atom. The summed E-state index contributed by atoms with van der Waals surface area (Å²) in [4.78, 5) is 30.3. The molecule has 232 valence electrons. The van der Waals surface area contributed by atoms with Gasteiger partial charge in [-0.05, 0) is 71.4 Å². The zero-order valence-corrected chi connectivity index (χ0v) is 26.8. The summed E-state index contributed by atoms with van der Waals surface area (Å²) < 4.78 is 16.8. The molecule has 0 radical (unpaired) electrons. The molecule has 1 amide bonds. The SMILES string of the molecule is Cc1noc(C)c1-c1nc(-c2cc(OC[C@H](O)CN(C)C(=O)OC(C)(C)C)ccc2Cl)nc(N2Cc3cccnc3C2)c1C. The molecule has 11 nitrogen and oxygen atoms in total. The number of hydrogen-bond donors (Lipinski definition) is 1. The molecule has 1 atom stereocenters. The van der Waals surface area contributed by atoms with E-state index >= 15 is 0 Å². The van der Waals surface area contributed by atoms with Crippen molar-refractivity contribution in [1.29, 1.82) is 0 Å². The molecule has 0 saturated carbocycles. The lowest BCUT2D eigenvalue weighted by Crippen LogP contribution is -2.40. The smallest absolute Gasteiger partial charge is 0.410 e. The van der Waals surface area contributed by atoms with E-state index in [1.54, 1.807) is 52.2 Å². The monoisotopic (exact) mass is 620 g/mol. The van der Waals surface area contributed by atoms with Crippen LogP contribution in [-0.2, 0) is 17.8 Å². The number of hydrogen-bond acceptors (Lipinski definition) is 10. The fourth-order valence-electron chi connectivity index (χ4n) is 5.09. The Kier molecular flexibility index (Phi) is 8.80. The van der Waals surface area contributed by atoms with E-state index < -0.39 is 17.8 Å². The van der Waals surface area contributed by atoms with Crippen LogP contribution in [0.4, 0.5) is 10.6 Å². The molecule has 4 aromatic rings. The number of nitrogens with zero attached hydrogens (tertiary/aromatic N) is 6. The molecule has 0 spiro atoms. The highest BCUT2D eigenvalue weighted by molar-refractivity contribution is 6.33. The summed E-state index contributed by atoms with van der Waals surface area (Å²) in [6, 6.07) is 9.18. The van der Waals surface area contributed by atoms with E-state index in [1.807, 2.05) is 26.8 Å². The molecule has 0 unspecified atom stereocenters. The number of benzene rings is 1. The maximum absolute atomic E-state index is 12.3. The first-order chi connectivity index (χ1) is 20.8. The number of ether oxygens (including phenoxy) is 2. The van der Waals surface area contributed by atoms with E-state index in [2.05, 4.69) is 21.1 Å². The highest BCUT2D eigenvalue weighted by atomic mass is 35.5. The maximum atomic E-state index is 12.3. The van der Waals surface area contributed by atoms with E-state index in [9.17, 15) is 9.90 Å². The van der Waals surface area contributed by atoms with Crippen LogP contribution in [0.25, 0.3) is 22.6 Å². The largest absolute Gasteiger partial charge is 0.491 e. The molecular weight excluding hydrogens is 584 g/mol. The summed E-state index contributed by atoms with van der Waals surface area (Å²) in [7, 11) is 1.56. The molecule has 0 fully saturated rings. The number of aliphatic hydroxyl groups excluding tert-OH is 1. The Hall–Kier alpha value is -4.22. The molecule has 1 N–H and O–H groups in total. The van der Waals surface area contributed by atoms with Gasteiger partial charge in [-0.1, -0.05) is 22.8 Å². The fourth-order valence-corrected chi connectivity index (χ4v) is 5.29. The highest BCUT2D eigenvalue weighted by Crippen LogP contribution is 2.38. The van der Waals surface area contributed by atoms with Crippen LogP contribution in [0.2, 0.25) is 5.02 Å². The number of aliphatic hydroxyl groups is 1. The van der Waals surface area contributed by atoms with Crippen molar-refractivity contribution in [1.82, 2.24) is 25.0 Å². The van der Waals surface area contributed by atoms with Crippen molar-refractivity contribution in [2.75, 3.05) is 25.1 Å². The molecule has 5 rings (SSSR count). The zero-order chi connectivity index (χ0) is 31.8. The van der Waals surface area contributed by atoms with Gasteiger partial charge in [0, 0.05) is 30.9 Å². The standard InChI is InChI=1S/C32H37ClN6O5/c1-18-28(27-19(2)37-44-20(27)3)35-29(36-30(18)39-14-21-9-8-12-34-26(21)16-39)24-13-23(10-11-25(24)33)42-17-22(40)15-38(7)31(41)43-32(4,5)6/h8-13,22,40H,14-17H2,1-7H3/t22-/m1/s1. The molecule has 1 aromatic carbocycles. The van der Waals surface area contributed by atoms with Crippen LogP contribution in [0.3, 0.4) is 0 Å². The molecule has 3 aromatic heterocycles. The summed E-state index contributed by atoms with van der Waals surface area (Å²) in [5.41, 5.74) is 5.21. The number of likely N-dealkylation sites (N-methyl/N-ethyl adjacent to an activating group) is 1. The molecule has 1 aliphatic heterocycles. The van der Waals surface area contributed by atoms with Gasteiger partial charge < -0.3 is 28.9 Å². The molecule has 44 heavy (non-hydrogen) atoms. The van der Waals surface area contributed by atoms with E-state index in [4.69, 9.17) is 35.6 Å². The Balaban J connectivity index is 1.44. The van der Waals surface area contributed by atoms with Crippen LogP contribution in [0.15, 0.2) is 41.1 Å². The number of rotatable bonds is 8. The van der Waals surface area contributed by atoms with Crippen molar-refractivity contribution in [2.24, 2.45) is 0 Å². The third kappa shape index (κ3) is 6.79. The summed E-state index contributed by atoms with van der Waals surface area (Å²) in [6.45, 7) is 12.4. The van der Waals surface area contributed by atoms with Gasteiger partial charge in [-0.15, -0.1) is 0 Å². The van der Waals surface area contributed by atoms with Crippen LogP contribution in [0.5, 0.6) is 5.75 Å². The number of aromatic nitrogens is 4. The molecule has 1 aliphatic rings. The van der Waals surface area contributed by atoms with Gasteiger partial charge in [0.1, 0.15) is 35.6 Å². The van der Waals surface area contributed by atoms with Crippen molar-refractivity contribution in [3.63, 3.8) is 0 Å². The van der Waals surface area contributed by atoms with Crippen molar-refractivity contribution >= 4 is 23.5 Å². The molecule has 0 aliphatic carbocycles. The average molecular weight is 621 g/mol. The first-order valence-corrected chi connectivity index (χ1v) is 14.7. The summed E-state index contributed by atoms with van der Waals surface area (Å²) in [5.74, 6) is 2.28. The second-order valence-electron chi connectivity index (χ2n) is 12.0. The van der Waals surface area contributed by atoms with E-state index in [-0.39, 0.29) is 13.2 Å². The third-order valence-corrected chi connectivity index (χ3v) is 7.52. The number of pyridine rings is 1. The van der Waals surface area contributed by atoms with Crippen LogP contribution < -0.4 is 9.64 Å². The van der Waals surface area contributed by atoms with E-state index in [1.165, 1.54) is 4.90 Å². The van der Waals surface area contributed by atoms with Crippen LogP contribution in [-0.4, -0.2) is 68.1 Å². The minimum atomic E-state index is -0.953. The van der Waals surface area contributed by atoms with Gasteiger partial charge >= 0.3 is 6.09 Å². The van der Waals surface area contributed by atoms with Gasteiger partial charge in [0.2, 0.25) is 0 Å². The normalized spacial score (nSPS) is 13.5. The Morgan fingerprint density at radius 3 is 2.64 bits per heavy atom. The van der Waals surface area contributed by atoms with Gasteiger partial charge in [-0.3, -0.25) is 4.98 Å². The highest BCUT2D eigenvalue weighted by Gasteiger charge is 2.28. The van der Waals surface area contributed by atoms with Crippen molar-refractivity contribution in [3.8, 4) is 28.4 Å². The van der Waals surface area contributed by atoms with E-state index in [0.29, 0.717) is 46.7 Å². The van der Waals surface area contributed by atoms with Crippen LogP contribution in [0, 0.1) is 20.8 Å². The lowest BCUT2D eigenvalue weighted by Gasteiger charge is -2.26. The second-order valence-corrected chi connectivity index (χ2v) is 12.4. The van der Waals surface area contributed by atoms with Crippen LogP contribution in [0.1, 0.15) is 49.0 Å². The second kappa shape index (κ2) is 12.4. The van der Waals surface area contributed by atoms with Crippen molar-refractivity contribution < 1.29 is 23.9 Å². The van der Waals surface area contributed by atoms with Gasteiger partial charge in [0.05, 0.1) is 40.8 Å². The fraction of sp³-hybridized carbons (Fsp3) is 0.406. The lowest BCUT2D eigenvalue weighted by molar-refractivity contribution is 0.0154. The average Bonchev–Trinajstić information content (AvgIpc) is 3.54. The molecule has 0 bridgehead atoms. The van der Waals surface area contributed by atoms with Crippen molar-refractivity contribution in [3.05, 3.63) is 69.8 Å². The molecule has 12 heteroatoms. The predicted molar refractivity (Wildman–Crippen MR) is 167 cm³/mol. The number of aryl methyl sites for hydroxylation is 2. The summed E-state index contributed by atoms with van der Waals surface area (Å²) >= 11 is 6.72. The topological polar surface area (TPSA) is 127 Å². The first-order valence-electron chi connectivity index (χ1n) is 14.3. The molecule has 0 saturated heterocycles. The number of carbonyl (C=O) groups excluding carboxylic acids is 1. The quantitative estimate of drug-likeness (QED) is 0.254. The number of fused-ring (bicyclic) bond motifs is 1. The van der Waals surface area contributed by atoms with Gasteiger partial charge in [-0.2, -0.15) is 0 Å². The van der Waals surface area contributed by atoms with Gasteiger partial charge in [-0.25, -0.2) is 14.8 Å². The summed E-state index contributed by atoms with van der Waals surface area (Å²) in [5, 5.41) is 15.2. The summed E-state index contributed by atoms with van der Waals surface area (Å²) in [6.07, 6.45) is 0.322. The number of amides is 1. The Bertz CT molecular complexity index is 1640. The van der Waals surface area contributed by atoms with Crippen molar-refractivity contribution in [2.45, 2.75) is 66.3 Å².